The summed E-state index contributed by atoms with van der Waals surface area (Å²) in [4.78, 5) is 6.91. The van der Waals surface area contributed by atoms with Gasteiger partial charge in [-0.1, -0.05) is 6.92 Å². The SMILES string of the molecule is CC1CCN(CCCCN=C(N)NC(C)C)CC1.I. The first kappa shape index (κ1) is 19.0. The molecule has 0 spiro atoms. The van der Waals surface area contributed by atoms with Crippen LogP contribution in [0, 0.1) is 5.92 Å². The fraction of sp³-hybridized carbons (Fsp3) is 0.929. The van der Waals surface area contributed by atoms with E-state index in [0.717, 1.165) is 18.9 Å². The Morgan fingerprint density at radius 3 is 2.53 bits per heavy atom. The lowest BCUT2D eigenvalue weighted by atomic mass is 9.99. The van der Waals surface area contributed by atoms with Crippen LogP contribution in [-0.4, -0.2) is 43.1 Å². The Kier molecular flexibility index (Phi) is 10.7. The van der Waals surface area contributed by atoms with Crippen LogP contribution in [0.1, 0.15) is 46.5 Å². The van der Waals surface area contributed by atoms with Crippen LogP contribution in [-0.2, 0) is 0 Å². The van der Waals surface area contributed by atoms with E-state index in [0.29, 0.717) is 12.0 Å². The van der Waals surface area contributed by atoms with E-state index in [9.17, 15) is 0 Å². The monoisotopic (exact) mass is 382 g/mol. The Hall–Kier alpha value is -0.0400. The molecular weight excluding hydrogens is 351 g/mol. The van der Waals surface area contributed by atoms with Crippen LogP contribution < -0.4 is 11.1 Å². The van der Waals surface area contributed by atoms with Gasteiger partial charge in [-0.3, -0.25) is 4.99 Å². The number of hydrogen-bond acceptors (Lipinski definition) is 2. The minimum Gasteiger partial charge on any atom is -0.370 e. The second-order valence-corrected chi connectivity index (χ2v) is 5.80. The molecule has 1 aliphatic heterocycles. The summed E-state index contributed by atoms with van der Waals surface area (Å²) < 4.78 is 0. The molecule has 0 amide bonds. The third-order valence-electron chi connectivity index (χ3n) is 3.48. The normalized spacial score (nSPS) is 18.4. The molecule has 0 aromatic rings. The molecule has 114 valence electrons. The van der Waals surface area contributed by atoms with Gasteiger partial charge in [-0.2, -0.15) is 0 Å². The summed E-state index contributed by atoms with van der Waals surface area (Å²) in [5.74, 6) is 1.50. The Morgan fingerprint density at radius 2 is 1.95 bits per heavy atom. The second-order valence-electron chi connectivity index (χ2n) is 5.80. The van der Waals surface area contributed by atoms with Crippen molar-refractivity contribution < 1.29 is 0 Å². The zero-order chi connectivity index (χ0) is 13.4. The summed E-state index contributed by atoms with van der Waals surface area (Å²) >= 11 is 0. The van der Waals surface area contributed by atoms with E-state index >= 15 is 0 Å². The van der Waals surface area contributed by atoms with Crippen molar-refractivity contribution >= 4 is 29.9 Å². The van der Waals surface area contributed by atoms with Crippen LogP contribution in [0.15, 0.2) is 4.99 Å². The van der Waals surface area contributed by atoms with E-state index in [2.05, 4.69) is 36.0 Å². The highest BCUT2D eigenvalue weighted by Gasteiger charge is 2.14. The second kappa shape index (κ2) is 10.7. The van der Waals surface area contributed by atoms with E-state index in [1.807, 2.05) is 0 Å². The van der Waals surface area contributed by atoms with E-state index in [-0.39, 0.29) is 24.0 Å². The molecule has 0 aliphatic carbocycles. The topological polar surface area (TPSA) is 53.6 Å². The molecule has 1 aliphatic rings. The van der Waals surface area contributed by atoms with Gasteiger partial charge in [0.25, 0.3) is 0 Å². The van der Waals surface area contributed by atoms with Crippen LogP contribution in [0.3, 0.4) is 0 Å². The summed E-state index contributed by atoms with van der Waals surface area (Å²) in [6, 6.07) is 0.365. The fourth-order valence-corrected chi connectivity index (χ4v) is 2.27. The summed E-state index contributed by atoms with van der Waals surface area (Å²) in [5, 5.41) is 3.11. The third-order valence-corrected chi connectivity index (χ3v) is 3.48. The highest BCUT2D eigenvalue weighted by atomic mass is 127. The molecule has 4 nitrogen and oxygen atoms in total. The lowest BCUT2D eigenvalue weighted by Crippen LogP contribution is -2.36. The molecule has 0 aromatic heterocycles. The standard InChI is InChI=1S/C14H30N4.HI/c1-12(2)17-14(15)16-8-4-5-9-18-10-6-13(3)7-11-18;/h12-13H,4-11H2,1-3H3,(H3,15,16,17);1H. The van der Waals surface area contributed by atoms with Gasteiger partial charge >= 0.3 is 0 Å². The number of nitrogens with zero attached hydrogens (tertiary/aromatic N) is 2. The Balaban J connectivity index is 0.00000324. The zero-order valence-electron chi connectivity index (χ0n) is 12.7. The number of piperidine rings is 1. The average molecular weight is 382 g/mol. The number of aliphatic imine (C=N–C) groups is 1. The van der Waals surface area contributed by atoms with Gasteiger partial charge in [0.1, 0.15) is 0 Å². The average Bonchev–Trinajstić information content (AvgIpc) is 2.30. The number of halogens is 1. The first-order valence-corrected chi connectivity index (χ1v) is 7.36. The first-order chi connectivity index (χ1) is 8.58. The predicted molar refractivity (Wildman–Crippen MR) is 94.2 cm³/mol. The summed E-state index contributed by atoms with van der Waals surface area (Å²) in [7, 11) is 0. The van der Waals surface area contributed by atoms with Crippen molar-refractivity contribution in [3.63, 3.8) is 0 Å². The fourth-order valence-electron chi connectivity index (χ4n) is 2.27. The van der Waals surface area contributed by atoms with Gasteiger partial charge in [0.05, 0.1) is 0 Å². The van der Waals surface area contributed by atoms with Crippen LogP contribution in [0.25, 0.3) is 0 Å². The molecule has 1 rings (SSSR count). The molecule has 0 aromatic carbocycles. The van der Waals surface area contributed by atoms with Gasteiger partial charge < -0.3 is 16.0 Å². The highest BCUT2D eigenvalue weighted by molar-refractivity contribution is 14.0. The lowest BCUT2D eigenvalue weighted by molar-refractivity contribution is 0.190. The van der Waals surface area contributed by atoms with Crippen LogP contribution in [0.2, 0.25) is 0 Å². The van der Waals surface area contributed by atoms with Crippen molar-refractivity contribution in [3.8, 4) is 0 Å². The number of nitrogens with two attached hydrogens (primary N) is 1. The quantitative estimate of drug-likeness (QED) is 0.321. The molecule has 0 unspecified atom stereocenters. The zero-order valence-corrected chi connectivity index (χ0v) is 15.0. The number of hydrogen-bond donors (Lipinski definition) is 2. The Bertz CT molecular complexity index is 248. The van der Waals surface area contributed by atoms with E-state index in [4.69, 9.17) is 5.73 Å². The van der Waals surface area contributed by atoms with Gasteiger partial charge in [0.2, 0.25) is 0 Å². The maximum atomic E-state index is 5.74. The van der Waals surface area contributed by atoms with Gasteiger partial charge in [0.15, 0.2) is 5.96 Å². The number of likely N-dealkylation sites (tertiary alicyclic amines) is 1. The molecule has 19 heavy (non-hydrogen) atoms. The molecule has 5 heteroatoms. The maximum absolute atomic E-state index is 5.74. The molecule has 3 N–H and O–H groups in total. The van der Waals surface area contributed by atoms with Crippen LogP contribution in [0.5, 0.6) is 0 Å². The van der Waals surface area contributed by atoms with Gasteiger partial charge in [-0.15, -0.1) is 24.0 Å². The summed E-state index contributed by atoms with van der Waals surface area (Å²) in [6.45, 7) is 11.1. The van der Waals surface area contributed by atoms with Crippen molar-refractivity contribution in [1.29, 1.82) is 0 Å². The smallest absolute Gasteiger partial charge is 0.188 e. The van der Waals surface area contributed by atoms with Gasteiger partial charge in [-0.25, -0.2) is 0 Å². The summed E-state index contributed by atoms with van der Waals surface area (Å²) in [5.41, 5.74) is 5.74. The molecule has 1 heterocycles. The molecule has 1 saturated heterocycles. The number of unbranched alkanes of at least 4 members (excludes halogenated alkanes) is 1. The highest BCUT2D eigenvalue weighted by Crippen LogP contribution is 2.16. The third kappa shape index (κ3) is 9.49. The van der Waals surface area contributed by atoms with E-state index < -0.39 is 0 Å². The van der Waals surface area contributed by atoms with Gasteiger partial charge in [-0.05, 0) is 65.1 Å². The number of guanidine groups is 1. The minimum absolute atomic E-state index is 0. The molecule has 0 radical (unpaired) electrons. The minimum atomic E-state index is 0. The number of nitrogens with one attached hydrogen (secondary N) is 1. The van der Waals surface area contributed by atoms with Crippen molar-refractivity contribution in [3.05, 3.63) is 0 Å². The predicted octanol–water partition coefficient (Wildman–Crippen LogP) is 2.43. The Labute approximate surface area is 135 Å². The molecule has 0 atom stereocenters. The van der Waals surface area contributed by atoms with Crippen LogP contribution >= 0.6 is 24.0 Å². The molecular formula is C14H31IN4. The maximum Gasteiger partial charge on any atom is 0.188 e. The molecule has 1 fully saturated rings. The largest absolute Gasteiger partial charge is 0.370 e. The van der Waals surface area contributed by atoms with E-state index in [1.54, 1.807) is 0 Å². The van der Waals surface area contributed by atoms with Crippen molar-refractivity contribution in [1.82, 2.24) is 10.2 Å². The molecule has 0 bridgehead atoms. The summed E-state index contributed by atoms with van der Waals surface area (Å²) in [6.07, 6.45) is 5.09. The van der Waals surface area contributed by atoms with Crippen molar-refractivity contribution in [2.45, 2.75) is 52.5 Å². The first-order valence-electron chi connectivity index (χ1n) is 7.36. The van der Waals surface area contributed by atoms with Crippen LogP contribution in [0.4, 0.5) is 0 Å². The van der Waals surface area contributed by atoms with E-state index in [1.165, 1.54) is 38.9 Å². The van der Waals surface area contributed by atoms with Gasteiger partial charge in [0, 0.05) is 12.6 Å². The lowest BCUT2D eigenvalue weighted by Gasteiger charge is -2.30. The molecule has 0 saturated carbocycles. The van der Waals surface area contributed by atoms with Crippen molar-refractivity contribution in [2.24, 2.45) is 16.6 Å². The Morgan fingerprint density at radius 1 is 1.32 bits per heavy atom. The van der Waals surface area contributed by atoms with Crippen molar-refractivity contribution in [2.75, 3.05) is 26.2 Å². The number of rotatable bonds is 6.